The number of rotatable bonds is 5. The van der Waals surface area contributed by atoms with Crippen LogP contribution < -0.4 is 0 Å². The average molecular weight is 335 g/mol. The van der Waals surface area contributed by atoms with E-state index in [-0.39, 0.29) is 0 Å². The third kappa shape index (κ3) is 4.06. The molecule has 2 aromatic rings. The van der Waals surface area contributed by atoms with Crippen molar-refractivity contribution in [3.8, 4) is 10.6 Å². The third-order valence-corrected chi connectivity index (χ3v) is 5.88. The first-order chi connectivity index (χ1) is 10.7. The van der Waals surface area contributed by atoms with Crippen LogP contribution in [0, 0.1) is 13.8 Å². The summed E-state index contributed by atoms with van der Waals surface area (Å²) in [5.74, 6) is 1.09. The van der Waals surface area contributed by atoms with E-state index in [1.807, 2.05) is 13.8 Å². The molecule has 0 aromatic carbocycles. The van der Waals surface area contributed by atoms with Crippen molar-refractivity contribution < 1.29 is 0 Å². The van der Waals surface area contributed by atoms with Gasteiger partial charge in [0.25, 0.3) is 0 Å². The van der Waals surface area contributed by atoms with Crippen LogP contribution in [0.3, 0.4) is 0 Å². The van der Waals surface area contributed by atoms with E-state index >= 15 is 0 Å². The molecule has 0 saturated carbocycles. The van der Waals surface area contributed by atoms with E-state index in [4.69, 9.17) is 0 Å². The fraction of sp³-hybridized carbons (Fsp3) is 0.562. The molecule has 1 aliphatic rings. The highest BCUT2D eigenvalue weighted by Crippen LogP contribution is 2.28. The van der Waals surface area contributed by atoms with Crippen LogP contribution in [0.25, 0.3) is 10.6 Å². The Morgan fingerprint density at radius 1 is 1.14 bits per heavy atom. The largest absolute Gasteiger partial charge is 0.303 e. The quantitative estimate of drug-likeness (QED) is 0.778. The van der Waals surface area contributed by atoms with E-state index in [9.17, 15) is 0 Å². The summed E-state index contributed by atoms with van der Waals surface area (Å²) in [6.45, 7) is 7.73. The average Bonchev–Trinajstić information content (AvgIpc) is 2.88. The van der Waals surface area contributed by atoms with Crippen LogP contribution >= 0.6 is 23.1 Å². The van der Waals surface area contributed by atoms with Gasteiger partial charge in [-0.25, -0.2) is 4.98 Å². The lowest BCUT2D eigenvalue weighted by Gasteiger charge is -2.25. The normalized spacial score (nSPS) is 16.1. The van der Waals surface area contributed by atoms with Gasteiger partial charge in [-0.1, -0.05) is 6.42 Å². The van der Waals surface area contributed by atoms with Gasteiger partial charge in [-0.2, -0.15) is 0 Å². The Morgan fingerprint density at radius 2 is 1.95 bits per heavy atom. The van der Waals surface area contributed by atoms with Crippen molar-refractivity contribution in [2.45, 2.75) is 38.1 Å². The lowest BCUT2D eigenvalue weighted by Crippen LogP contribution is -2.31. The summed E-state index contributed by atoms with van der Waals surface area (Å²) >= 11 is 3.48. The lowest BCUT2D eigenvalue weighted by molar-refractivity contribution is 0.242. The Morgan fingerprint density at radius 3 is 2.59 bits per heavy atom. The van der Waals surface area contributed by atoms with Gasteiger partial charge in [-0.05, 0) is 51.9 Å². The van der Waals surface area contributed by atoms with Gasteiger partial charge < -0.3 is 4.90 Å². The maximum Gasteiger partial charge on any atom is 0.119 e. The van der Waals surface area contributed by atoms with Crippen molar-refractivity contribution in [2.24, 2.45) is 0 Å². The SMILES string of the molecule is Cc1nc(C)c(-c2ccc(SCCN3CCCCC3)nn2)s1. The van der Waals surface area contributed by atoms with Gasteiger partial charge >= 0.3 is 0 Å². The second-order valence-corrected chi connectivity index (χ2v) is 7.97. The van der Waals surface area contributed by atoms with E-state index in [0.717, 1.165) is 38.6 Å². The van der Waals surface area contributed by atoms with Gasteiger partial charge in [-0.3, -0.25) is 0 Å². The number of likely N-dealkylation sites (tertiary alicyclic amines) is 1. The minimum atomic E-state index is 0.934. The summed E-state index contributed by atoms with van der Waals surface area (Å²) in [5.41, 5.74) is 1.98. The molecular formula is C16H22N4S2. The predicted molar refractivity (Wildman–Crippen MR) is 93.6 cm³/mol. The number of aryl methyl sites for hydroxylation is 2. The van der Waals surface area contributed by atoms with E-state index < -0.39 is 0 Å². The molecule has 6 heteroatoms. The molecule has 0 radical (unpaired) electrons. The number of thiazole rings is 1. The lowest BCUT2D eigenvalue weighted by atomic mass is 10.1. The maximum absolute atomic E-state index is 4.45. The van der Waals surface area contributed by atoms with Crippen molar-refractivity contribution in [1.29, 1.82) is 0 Å². The zero-order valence-corrected chi connectivity index (χ0v) is 14.8. The molecular weight excluding hydrogens is 312 g/mol. The first kappa shape index (κ1) is 15.9. The summed E-state index contributed by atoms with van der Waals surface area (Å²) in [6.07, 6.45) is 4.10. The Bertz CT molecular complexity index is 603. The molecule has 0 N–H and O–H groups in total. The van der Waals surface area contributed by atoms with Crippen LogP contribution in [0.4, 0.5) is 0 Å². The van der Waals surface area contributed by atoms with E-state index in [2.05, 4.69) is 32.2 Å². The number of nitrogens with zero attached hydrogens (tertiary/aromatic N) is 4. The Labute approximate surface area is 140 Å². The molecule has 0 bridgehead atoms. The van der Waals surface area contributed by atoms with Gasteiger partial charge in [0, 0.05) is 12.3 Å². The molecule has 1 fully saturated rings. The molecule has 1 aliphatic heterocycles. The van der Waals surface area contributed by atoms with Gasteiger partial charge in [-0.15, -0.1) is 33.3 Å². The van der Waals surface area contributed by atoms with Crippen LogP contribution in [-0.4, -0.2) is 45.5 Å². The summed E-state index contributed by atoms with van der Waals surface area (Å²) in [5, 5.41) is 10.8. The Hall–Kier alpha value is -0.980. The molecule has 0 unspecified atom stereocenters. The highest BCUT2D eigenvalue weighted by atomic mass is 32.2. The van der Waals surface area contributed by atoms with Gasteiger partial charge in [0.15, 0.2) is 0 Å². The first-order valence-corrected chi connectivity index (χ1v) is 9.66. The molecule has 1 saturated heterocycles. The highest BCUT2D eigenvalue weighted by Gasteiger charge is 2.11. The van der Waals surface area contributed by atoms with Gasteiger partial charge in [0.2, 0.25) is 0 Å². The maximum atomic E-state index is 4.45. The van der Waals surface area contributed by atoms with Gasteiger partial charge in [0.05, 0.1) is 15.6 Å². The van der Waals surface area contributed by atoms with E-state index in [0.29, 0.717) is 0 Å². The number of hydrogen-bond acceptors (Lipinski definition) is 6. The molecule has 0 spiro atoms. The molecule has 0 amide bonds. The topological polar surface area (TPSA) is 41.9 Å². The smallest absolute Gasteiger partial charge is 0.119 e. The number of aromatic nitrogens is 3. The van der Waals surface area contributed by atoms with Gasteiger partial charge in [0.1, 0.15) is 10.7 Å². The van der Waals surface area contributed by atoms with Crippen LogP contribution in [0.1, 0.15) is 30.0 Å². The predicted octanol–water partition coefficient (Wildman–Crippen LogP) is 3.79. The highest BCUT2D eigenvalue weighted by molar-refractivity contribution is 7.99. The third-order valence-electron chi connectivity index (χ3n) is 3.88. The number of thioether (sulfide) groups is 1. The molecule has 3 heterocycles. The van der Waals surface area contributed by atoms with Crippen LogP contribution in [-0.2, 0) is 0 Å². The minimum Gasteiger partial charge on any atom is -0.303 e. The first-order valence-electron chi connectivity index (χ1n) is 7.85. The second-order valence-electron chi connectivity index (χ2n) is 5.65. The standard InChI is InChI=1S/C16H22N4S2/c1-12-16(22-13(2)17-12)14-6-7-15(19-18-14)21-11-10-20-8-4-3-5-9-20/h6-7H,3-5,8-11H2,1-2H3. The summed E-state index contributed by atoms with van der Waals surface area (Å²) in [4.78, 5) is 8.14. The fourth-order valence-corrected chi connectivity index (χ4v) is 4.46. The zero-order valence-electron chi connectivity index (χ0n) is 13.2. The monoisotopic (exact) mass is 334 g/mol. The molecule has 22 heavy (non-hydrogen) atoms. The molecule has 3 rings (SSSR count). The summed E-state index contributed by atoms with van der Waals surface area (Å²) < 4.78 is 0. The van der Waals surface area contributed by atoms with Crippen LogP contribution in [0.2, 0.25) is 0 Å². The van der Waals surface area contributed by atoms with Crippen molar-refractivity contribution in [3.05, 3.63) is 22.8 Å². The Kier molecular flexibility index (Phi) is 5.44. The van der Waals surface area contributed by atoms with E-state index in [1.54, 1.807) is 23.1 Å². The Balaban J connectivity index is 1.54. The molecule has 2 aromatic heterocycles. The van der Waals surface area contributed by atoms with Crippen molar-refractivity contribution in [2.75, 3.05) is 25.4 Å². The number of piperidine rings is 1. The summed E-state index contributed by atoms with van der Waals surface area (Å²) in [7, 11) is 0. The molecule has 4 nitrogen and oxygen atoms in total. The second kappa shape index (κ2) is 7.53. The van der Waals surface area contributed by atoms with E-state index in [1.165, 1.54) is 32.4 Å². The molecule has 0 atom stereocenters. The fourth-order valence-electron chi connectivity index (χ4n) is 2.75. The number of hydrogen-bond donors (Lipinski definition) is 0. The van der Waals surface area contributed by atoms with Crippen molar-refractivity contribution in [3.63, 3.8) is 0 Å². The zero-order chi connectivity index (χ0) is 15.4. The van der Waals surface area contributed by atoms with Crippen LogP contribution in [0.15, 0.2) is 17.2 Å². The van der Waals surface area contributed by atoms with Crippen molar-refractivity contribution >= 4 is 23.1 Å². The van der Waals surface area contributed by atoms with Crippen molar-refractivity contribution in [1.82, 2.24) is 20.1 Å². The van der Waals surface area contributed by atoms with Crippen LogP contribution in [0.5, 0.6) is 0 Å². The minimum absolute atomic E-state index is 0.934. The molecule has 118 valence electrons. The summed E-state index contributed by atoms with van der Waals surface area (Å²) in [6, 6.07) is 4.15. The molecule has 0 aliphatic carbocycles.